The molecule has 0 radical (unpaired) electrons. The molecule has 1 atom stereocenters. The minimum atomic E-state index is -0.516. The van der Waals surface area contributed by atoms with Crippen LogP contribution in [0, 0.1) is 0 Å². The van der Waals surface area contributed by atoms with E-state index in [2.05, 4.69) is 5.32 Å². The number of rotatable bonds is 6. The third-order valence-corrected chi connectivity index (χ3v) is 3.45. The SMILES string of the molecule is O=C(NC(CCO)c1ccc(Cl)cc1)OCc1ccccc1. The van der Waals surface area contributed by atoms with E-state index in [1.807, 2.05) is 42.5 Å². The van der Waals surface area contributed by atoms with Crippen LogP contribution in [0.1, 0.15) is 23.6 Å². The molecular formula is C17H18ClNO3. The summed E-state index contributed by atoms with van der Waals surface area (Å²) < 4.78 is 5.19. The van der Waals surface area contributed by atoms with E-state index in [4.69, 9.17) is 21.4 Å². The Morgan fingerprint density at radius 1 is 1.14 bits per heavy atom. The fourth-order valence-corrected chi connectivity index (χ4v) is 2.18. The van der Waals surface area contributed by atoms with E-state index in [9.17, 15) is 4.79 Å². The molecule has 2 aromatic carbocycles. The molecule has 0 spiro atoms. The number of hydrogen-bond donors (Lipinski definition) is 2. The normalized spacial score (nSPS) is 11.7. The number of benzene rings is 2. The Balaban J connectivity index is 1.92. The molecule has 1 amide bonds. The van der Waals surface area contributed by atoms with Crippen LogP contribution >= 0.6 is 11.6 Å². The molecule has 5 heteroatoms. The van der Waals surface area contributed by atoms with Gasteiger partial charge in [0.15, 0.2) is 0 Å². The zero-order chi connectivity index (χ0) is 15.8. The van der Waals surface area contributed by atoms with Crippen LogP contribution in [0.4, 0.5) is 4.79 Å². The zero-order valence-corrected chi connectivity index (χ0v) is 12.8. The number of nitrogens with one attached hydrogen (secondary N) is 1. The van der Waals surface area contributed by atoms with Crippen molar-refractivity contribution < 1.29 is 14.6 Å². The molecule has 0 saturated heterocycles. The number of carbonyl (C=O) groups is 1. The molecule has 0 saturated carbocycles. The quantitative estimate of drug-likeness (QED) is 0.853. The first-order valence-electron chi connectivity index (χ1n) is 7.02. The van der Waals surface area contributed by atoms with Crippen molar-refractivity contribution in [2.24, 2.45) is 0 Å². The largest absolute Gasteiger partial charge is 0.445 e. The highest BCUT2D eigenvalue weighted by Crippen LogP contribution is 2.19. The summed E-state index contributed by atoms with van der Waals surface area (Å²) in [5.41, 5.74) is 1.79. The van der Waals surface area contributed by atoms with Crippen molar-refractivity contribution in [2.75, 3.05) is 6.61 Å². The number of amides is 1. The second-order valence-corrected chi connectivity index (χ2v) is 5.26. The van der Waals surface area contributed by atoms with Gasteiger partial charge in [-0.3, -0.25) is 0 Å². The fourth-order valence-electron chi connectivity index (χ4n) is 2.05. The van der Waals surface area contributed by atoms with Crippen LogP contribution in [0.3, 0.4) is 0 Å². The summed E-state index contributed by atoms with van der Waals surface area (Å²) in [6.45, 7) is 0.172. The Labute approximate surface area is 134 Å². The summed E-state index contributed by atoms with van der Waals surface area (Å²) in [4.78, 5) is 11.9. The Morgan fingerprint density at radius 2 is 1.82 bits per heavy atom. The average molecular weight is 320 g/mol. The van der Waals surface area contributed by atoms with E-state index < -0.39 is 6.09 Å². The summed E-state index contributed by atoms with van der Waals surface area (Å²) in [5, 5.41) is 12.5. The van der Waals surface area contributed by atoms with E-state index in [1.54, 1.807) is 12.1 Å². The molecule has 22 heavy (non-hydrogen) atoms. The first-order chi connectivity index (χ1) is 10.7. The molecule has 0 aromatic heterocycles. The molecule has 116 valence electrons. The molecule has 0 fully saturated rings. The van der Waals surface area contributed by atoms with Crippen LogP contribution in [0.2, 0.25) is 5.02 Å². The van der Waals surface area contributed by atoms with E-state index in [-0.39, 0.29) is 19.3 Å². The van der Waals surface area contributed by atoms with E-state index in [0.29, 0.717) is 11.4 Å². The predicted molar refractivity (Wildman–Crippen MR) is 85.7 cm³/mol. The summed E-state index contributed by atoms with van der Waals surface area (Å²) in [5.74, 6) is 0. The first-order valence-corrected chi connectivity index (χ1v) is 7.40. The number of carbonyl (C=O) groups excluding carboxylic acids is 1. The Kier molecular flexibility index (Phi) is 6.25. The van der Waals surface area contributed by atoms with E-state index in [0.717, 1.165) is 11.1 Å². The van der Waals surface area contributed by atoms with Gasteiger partial charge in [-0.1, -0.05) is 54.1 Å². The Hall–Kier alpha value is -2.04. The molecule has 0 aliphatic heterocycles. The summed E-state index contributed by atoms with van der Waals surface area (Å²) in [6.07, 6.45) is -0.112. The van der Waals surface area contributed by atoms with Gasteiger partial charge in [0.25, 0.3) is 0 Å². The second kappa shape index (κ2) is 8.41. The molecule has 2 aromatic rings. The third kappa shape index (κ3) is 5.06. The molecule has 1 unspecified atom stereocenters. The highest BCUT2D eigenvalue weighted by Gasteiger charge is 2.15. The van der Waals surface area contributed by atoms with Crippen molar-refractivity contribution in [3.05, 3.63) is 70.7 Å². The number of halogens is 1. The van der Waals surface area contributed by atoms with Crippen LogP contribution in [-0.2, 0) is 11.3 Å². The molecule has 0 aliphatic carbocycles. The number of aliphatic hydroxyl groups excluding tert-OH is 1. The fraction of sp³-hybridized carbons (Fsp3) is 0.235. The van der Waals surface area contributed by atoms with Gasteiger partial charge in [-0.05, 0) is 29.7 Å². The van der Waals surface area contributed by atoms with Gasteiger partial charge in [0.1, 0.15) is 6.61 Å². The maximum absolute atomic E-state index is 11.9. The number of alkyl carbamates (subject to hydrolysis) is 1. The van der Waals surface area contributed by atoms with Crippen molar-refractivity contribution in [1.29, 1.82) is 0 Å². The molecule has 2 N–H and O–H groups in total. The van der Waals surface area contributed by atoms with Crippen LogP contribution in [0.15, 0.2) is 54.6 Å². The molecule has 0 bridgehead atoms. The maximum Gasteiger partial charge on any atom is 0.407 e. The molecular weight excluding hydrogens is 302 g/mol. The van der Waals surface area contributed by atoms with Gasteiger partial charge in [0.05, 0.1) is 6.04 Å². The lowest BCUT2D eigenvalue weighted by atomic mass is 10.0. The number of aliphatic hydroxyl groups is 1. The minimum absolute atomic E-state index is 0.0355. The van der Waals surface area contributed by atoms with Gasteiger partial charge in [0.2, 0.25) is 0 Å². The van der Waals surface area contributed by atoms with Crippen molar-refractivity contribution in [3.8, 4) is 0 Å². The van der Waals surface area contributed by atoms with Gasteiger partial charge in [-0.15, -0.1) is 0 Å². The monoisotopic (exact) mass is 319 g/mol. The Morgan fingerprint density at radius 3 is 2.45 bits per heavy atom. The average Bonchev–Trinajstić information content (AvgIpc) is 2.54. The zero-order valence-electron chi connectivity index (χ0n) is 12.0. The van der Waals surface area contributed by atoms with Gasteiger partial charge >= 0.3 is 6.09 Å². The predicted octanol–water partition coefficient (Wildman–Crippen LogP) is 3.69. The van der Waals surface area contributed by atoms with Crippen molar-refractivity contribution >= 4 is 17.7 Å². The molecule has 0 aliphatic rings. The lowest BCUT2D eigenvalue weighted by Gasteiger charge is -2.18. The number of ether oxygens (including phenoxy) is 1. The molecule has 0 heterocycles. The lowest BCUT2D eigenvalue weighted by molar-refractivity contribution is 0.133. The summed E-state index contributed by atoms with van der Waals surface area (Å²) >= 11 is 5.86. The van der Waals surface area contributed by atoms with Crippen molar-refractivity contribution in [3.63, 3.8) is 0 Å². The molecule has 2 rings (SSSR count). The minimum Gasteiger partial charge on any atom is -0.445 e. The number of hydrogen-bond acceptors (Lipinski definition) is 3. The van der Waals surface area contributed by atoms with E-state index in [1.165, 1.54) is 0 Å². The lowest BCUT2D eigenvalue weighted by Crippen LogP contribution is -2.29. The van der Waals surface area contributed by atoms with Gasteiger partial charge in [-0.2, -0.15) is 0 Å². The van der Waals surface area contributed by atoms with E-state index >= 15 is 0 Å². The highest BCUT2D eigenvalue weighted by atomic mass is 35.5. The highest BCUT2D eigenvalue weighted by molar-refractivity contribution is 6.30. The van der Waals surface area contributed by atoms with Crippen LogP contribution in [-0.4, -0.2) is 17.8 Å². The summed E-state index contributed by atoms with van der Waals surface area (Å²) in [6, 6.07) is 16.3. The topological polar surface area (TPSA) is 58.6 Å². The van der Waals surface area contributed by atoms with Crippen LogP contribution in [0.25, 0.3) is 0 Å². The van der Waals surface area contributed by atoms with Crippen LogP contribution in [0.5, 0.6) is 0 Å². The second-order valence-electron chi connectivity index (χ2n) is 4.82. The van der Waals surface area contributed by atoms with Gasteiger partial charge < -0.3 is 15.2 Å². The van der Waals surface area contributed by atoms with Crippen LogP contribution < -0.4 is 5.32 Å². The smallest absolute Gasteiger partial charge is 0.407 e. The first kappa shape index (κ1) is 16.3. The van der Waals surface area contributed by atoms with Crippen molar-refractivity contribution in [1.82, 2.24) is 5.32 Å². The third-order valence-electron chi connectivity index (χ3n) is 3.19. The van der Waals surface area contributed by atoms with Gasteiger partial charge in [0, 0.05) is 11.6 Å². The standard InChI is InChI=1S/C17H18ClNO3/c18-15-8-6-14(7-9-15)16(10-11-20)19-17(21)22-12-13-4-2-1-3-5-13/h1-9,16,20H,10-12H2,(H,19,21). The summed E-state index contributed by atoms with van der Waals surface area (Å²) in [7, 11) is 0. The maximum atomic E-state index is 11.9. The van der Waals surface area contributed by atoms with Crippen molar-refractivity contribution in [2.45, 2.75) is 19.1 Å². The molecule has 4 nitrogen and oxygen atoms in total. The van der Waals surface area contributed by atoms with Gasteiger partial charge in [-0.25, -0.2) is 4.79 Å². The Bertz CT molecular complexity index is 587.